The van der Waals surface area contributed by atoms with Gasteiger partial charge >= 0.3 is 11.9 Å². The van der Waals surface area contributed by atoms with Gasteiger partial charge in [-0.3, -0.25) is 9.59 Å². The summed E-state index contributed by atoms with van der Waals surface area (Å²) in [4.78, 5) is 20.2. The minimum Gasteiger partial charge on any atom is -0.481 e. The maximum Gasteiger partial charge on any atom is 0.318 e. The summed E-state index contributed by atoms with van der Waals surface area (Å²) >= 11 is 5.22. The summed E-state index contributed by atoms with van der Waals surface area (Å²) < 4.78 is 4.31. The second kappa shape index (κ2) is 4.11. The number of esters is 1. The number of carboxylic acid groups (broad SMARTS) is 1. The number of carbonyl (C=O) groups excluding carboxylic acids is 1. The summed E-state index contributed by atoms with van der Waals surface area (Å²) in [6.45, 7) is 1.43. The molecule has 1 unspecified atom stereocenters. The molecule has 0 aromatic carbocycles. The number of halogens is 1. The van der Waals surface area contributed by atoms with Crippen LogP contribution in [0.3, 0.4) is 0 Å². The molecule has 0 amide bonds. The van der Waals surface area contributed by atoms with Gasteiger partial charge in [-0.2, -0.15) is 0 Å². The Morgan fingerprint density at radius 1 is 1.70 bits per heavy atom. The third kappa shape index (κ3) is 5.37. The van der Waals surface area contributed by atoms with E-state index in [-0.39, 0.29) is 0 Å². The fraction of sp³-hybridized carbons (Fsp3) is 0.600. The summed E-state index contributed by atoms with van der Waals surface area (Å²) in [6, 6.07) is 0. The van der Waals surface area contributed by atoms with Crippen LogP contribution in [0, 0.1) is 0 Å². The zero-order chi connectivity index (χ0) is 8.15. The van der Waals surface area contributed by atoms with E-state index in [1.165, 1.54) is 6.92 Å². The Morgan fingerprint density at radius 2 is 2.20 bits per heavy atom. The molecule has 0 saturated carbocycles. The summed E-state index contributed by atoms with van der Waals surface area (Å²) in [7, 11) is 0. The fourth-order valence-electron chi connectivity index (χ4n) is 0.346. The van der Waals surface area contributed by atoms with Gasteiger partial charge in [0.1, 0.15) is 6.42 Å². The molecule has 0 fully saturated rings. The SMILES string of the molecule is CC(Cl)OC(=O)CC(=O)O. The monoisotopic (exact) mass is 166 g/mol. The van der Waals surface area contributed by atoms with Crippen molar-refractivity contribution in [3.63, 3.8) is 0 Å². The van der Waals surface area contributed by atoms with Gasteiger partial charge in [0.05, 0.1) is 0 Å². The molecular weight excluding hydrogens is 160 g/mol. The molecular formula is C5H7ClO4. The Balaban J connectivity index is 3.54. The predicted octanol–water partition coefficient (Wildman–Crippen LogP) is 0.589. The van der Waals surface area contributed by atoms with E-state index in [1.54, 1.807) is 0 Å². The van der Waals surface area contributed by atoms with Crippen LogP contribution in [0.15, 0.2) is 0 Å². The number of ether oxygens (including phenoxy) is 1. The average molecular weight is 167 g/mol. The molecule has 0 rings (SSSR count). The van der Waals surface area contributed by atoms with Crippen LogP contribution in [-0.2, 0) is 14.3 Å². The second-order valence-electron chi connectivity index (χ2n) is 1.60. The Hall–Kier alpha value is -0.770. The largest absolute Gasteiger partial charge is 0.481 e. The van der Waals surface area contributed by atoms with E-state index in [4.69, 9.17) is 16.7 Å². The van der Waals surface area contributed by atoms with Crippen molar-refractivity contribution < 1.29 is 19.4 Å². The summed E-state index contributed by atoms with van der Waals surface area (Å²) in [5.41, 5.74) is -0.771. The molecule has 0 aromatic rings. The molecule has 0 aliphatic rings. The van der Waals surface area contributed by atoms with E-state index in [0.29, 0.717) is 0 Å². The number of alkyl halides is 1. The van der Waals surface area contributed by atoms with E-state index in [1.807, 2.05) is 0 Å². The second-order valence-corrected chi connectivity index (χ2v) is 2.22. The standard InChI is InChI=1S/C5H7ClO4/c1-3(6)10-5(9)2-4(7)8/h3H,2H2,1H3,(H,7,8). The summed E-state index contributed by atoms with van der Waals surface area (Å²) in [6.07, 6.45) is -0.642. The molecule has 10 heavy (non-hydrogen) atoms. The van der Waals surface area contributed by atoms with Crippen molar-refractivity contribution in [1.82, 2.24) is 0 Å². The minimum absolute atomic E-state index is 0.642. The highest BCUT2D eigenvalue weighted by atomic mass is 35.5. The number of hydrogen-bond acceptors (Lipinski definition) is 3. The van der Waals surface area contributed by atoms with Gasteiger partial charge in [0.15, 0.2) is 5.56 Å². The molecule has 0 spiro atoms. The highest BCUT2D eigenvalue weighted by molar-refractivity contribution is 6.20. The van der Waals surface area contributed by atoms with Gasteiger partial charge in [-0.15, -0.1) is 0 Å². The topological polar surface area (TPSA) is 63.6 Å². The van der Waals surface area contributed by atoms with Gasteiger partial charge in [-0.25, -0.2) is 0 Å². The molecule has 0 aliphatic heterocycles. The van der Waals surface area contributed by atoms with Crippen LogP contribution in [0.4, 0.5) is 0 Å². The van der Waals surface area contributed by atoms with Crippen LogP contribution in [0.1, 0.15) is 13.3 Å². The van der Waals surface area contributed by atoms with Crippen LogP contribution < -0.4 is 0 Å². The number of rotatable bonds is 3. The first kappa shape index (κ1) is 9.23. The average Bonchev–Trinajstić information content (AvgIpc) is 1.58. The fourth-order valence-corrected chi connectivity index (χ4v) is 0.446. The van der Waals surface area contributed by atoms with Crippen molar-refractivity contribution in [3.8, 4) is 0 Å². The summed E-state index contributed by atoms with van der Waals surface area (Å²) in [5.74, 6) is -2.04. The van der Waals surface area contributed by atoms with E-state index < -0.39 is 23.9 Å². The molecule has 0 saturated heterocycles. The lowest BCUT2D eigenvalue weighted by Gasteiger charge is -2.02. The molecule has 5 heteroatoms. The van der Waals surface area contributed by atoms with E-state index in [9.17, 15) is 9.59 Å². The maximum atomic E-state index is 10.4. The van der Waals surface area contributed by atoms with Crippen LogP contribution >= 0.6 is 11.6 Å². The number of carbonyl (C=O) groups is 2. The van der Waals surface area contributed by atoms with E-state index in [0.717, 1.165) is 0 Å². The van der Waals surface area contributed by atoms with Gasteiger partial charge in [0.25, 0.3) is 0 Å². The van der Waals surface area contributed by atoms with Gasteiger partial charge in [-0.1, -0.05) is 11.6 Å². The first-order chi connectivity index (χ1) is 4.52. The quantitative estimate of drug-likeness (QED) is 0.379. The Labute approximate surface area is 62.7 Å². The van der Waals surface area contributed by atoms with Crippen molar-refractivity contribution in [3.05, 3.63) is 0 Å². The highest BCUT2D eigenvalue weighted by Gasteiger charge is 2.10. The highest BCUT2D eigenvalue weighted by Crippen LogP contribution is 1.97. The van der Waals surface area contributed by atoms with Crippen molar-refractivity contribution >= 4 is 23.5 Å². The Morgan fingerprint density at radius 3 is 2.50 bits per heavy atom. The lowest BCUT2D eigenvalue weighted by molar-refractivity contribution is -0.152. The molecule has 58 valence electrons. The molecule has 0 aliphatic carbocycles. The third-order valence-electron chi connectivity index (χ3n) is 0.589. The van der Waals surface area contributed by atoms with Gasteiger partial charge in [0.2, 0.25) is 0 Å². The number of aliphatic carboxylic acids is 1. The molecule has 0 bridgehead atoms. The van der Waals surface area contributed by atoms with Gasteiger partial charge in [-0.05, 0) is 6.92 Å². The zero-order valence-corrected chi connectivity index (χ0v) is 6.09. The van der Waals surface area contributed by atoms with Crippen LogP contribution in [0.2, 0.25) is 0 Å². The van der Waals surface area contributed by atoms with Crippen LogP contribution in [0.25, 0.3) is 0 Å². The first-order valence-corrected chi connectivity index (χ1v) is 3.01. The van der Waals surface area contributed by atoms with E-state index in [2.05, 4.69) is 4.74 Å². The summed E-state index contributed by atoms with van der Waals surface area (Å²) in [5, 5.41) is 8.05. The first-order valence-electron chi connectivity index (χ1n) is 2.57. The lowest BCUT2D eigenvalue weighted by Crippen LogP contribution is -2.13. The van der Waals surface area contributed by atoms with Crippen LogP contribution in [0.5, 0.6) is 0 Å². The smallest absolute Gasteiger partial charge is 0.318 e. The van der Waals surface area contributed by atoms with Crippen LogP contribution in [-0.4, -0.2) is 22.6 Å². The number of carboxylic acids is 1. The molecule has 4 nitrogen and oxygen atoms in total. The van der Waals surface area contributed by atoms with Crippen molar-refractivity contribution in [1.29, 1.82) is 0 Å². The van der Waals surface area contributed by atoms with Crippen molar-refractivity contribution in [2.75, 3.05) is 0 Å². The van der Waals surface area contributed by atoms with E-state index >= 15 is 0 Å². The maximum absolute atomic E-state index is 10.4. The lowest BCUT2D eigenvalue weighted by atomic mass is 10.4. The minimum atomic E-state index is -1.22. The molecule has 1 N–H and O–H groups in total. The van der Waals surface area contributed by atoms with Crippen molar-refractivity contribution in [2.45, 2.75) is 18.9 Å². The van der Waals surface area contributed by atoms with Crippen molar-refractivity contribution in [2.24, 2.45) is 0 Å². The van der Waals surface area contributed by atoms with Gasteiger partial charge < -0.3 is 9.84 Å². The normalized spacial score (nSPS) is 12.2. The molecule has 1 atom stereocenters. The molecule has 0 aromatic heterocycles. The molecule has 0 radical (unpaired) electrons. The zero-order valence-electron chi connectivity index (χ0n) is 5.33. The predicted molar refractivity (Wildman–Crippen MR) is 33.7 cm³/mol. The van der Waals surface area contributed by atoms with Gasteiger partial charge in [0, 0.05) is 0 Å². The molecule has 0 heterocycles. The Bertz CT molecular complexity index is 143. The Kier molecular flexibility index (Phi) is 3.79. The number of hydrogen-bond donors (Lipinski definition) is 1. The third-order valence-corrected chi connectivity index (χ3v) is 0.678.